The summed E-state index contributed by atoms with van der Waals surface area (Å²) in [6, 6.07) is 6.57. The molecule has 0 aliphatic carbocycles. The second-order valence-electron chi connectivity index (χ2n) is 11.4. The number of para-hydroxylation sites is 1. The lowest BCUT2D eigenvalue weighted by molar-refractivity contribution is -0.134. The van der Waals surface area contributed by atoms with E-state index in [1.807, 2.05) is 0 Å². The van der Waals surface area contributed by atoms with Crippen molar-refractivity contribution in [3.05, 3.63) is 59.4 Å². The third kappa shape index (κ3) is 10.6. The minimum atomic E-state index is -1.37. The van der Waals surface area contributed by atoms with Crippen LogP contribution in [0.4, 0.5) is 0 Å². The summed E-state index contributed by atoms with van der Waals surface area (Å²) in [7, 11) is 0. The minimum Gasteiger partial charge on any atom is -0.493 e. The number of benzene rings is 1. The van der Waals surface area contributed by atoms with Gasteiger partial charge in [0.15, 0.2) is 0 Å². The molecule has 0 saturated carbocycles. The molecule has 6 amide bonds. The van der Waals surface area contributed by atoms with Crippen molar-refractivity contribution < 1.29 is 33.5 Å². The van der Waals surface area contributed by atoms with Crippen LogP contribution in [0.3, 0.4) is 0 Å². The number of hydrogen-bond donors (Lipinski definition) is 6. The molecule has 0 bridgehead atoms. The highest BCUT2D eigenvalue weighted by atomic mass is 16.5. The van der Waals surface area contributed by atoms with Crippen molar-refractivity contribution >= 4 is 35.4 Å². The second kappa shape index (κ2) is 17.5. The van der Waals surface area contributed by atoms with Gasteiger partial charge in [-0.25, -0.2) is 0 Å². The minimum absolute atomic E-state index is 0.141. The van der Waals surface area contributed by atoms with Crippen LogP contribution in [0.2, 0.25) is 0 Å². The number of amides is 6. The van der Waals surface area contributed by atoms with Gasteiger partial charge in [-0.3, -0.25) is 33.8 Å². The summed E-state index contributed by atoms with van der Waals surface area (Å²) >= 11 is 0. The van der Waals surface area contributed by atoms with Crippen LogP contribution in [0.1, 0.15) is 72.4 Å². The van der Waals surface area contributed by atoms with Crippen molar-refractivity contribution in [2.45, 2.75) is 71.0 Å². The molecular formula is C32H43N7O7. The molecule has 0 saturated heterocycles. The summed E-state index contributed by atoms with van der Waals surface area (Å²) in [5.74, 6) is -3.75. The lowest BCUT2D eigenvalue weighted by Crippen LogP contribution is -2.58. The van der Waals surface area contributed by atoms with E-state index in [9.17, 15) is 28.8 Å². The van der Waals surface area contributed by atoms with E-state index < -0.39 is 60.0 Å². The number of aryl methyl sites for hydroxylation is 1. The molecule has 46 heavy (non-hydrogen) atoms. The first-order valence-electron chi connectivity index (χ1n) is 15.4. The molecule has 3 rings (SSSR count). The van der Waals surface area contributed by atoms with Crippen molar-refractivity contribution in [2.75, 3.05) is 19.7 Å². The van der Waals surface area contributed by atoms with Gasteiger partial charge in [0.25, 0.3) is 11.8 Å². The topological polar surface area (TPSA) is 211 Å². The van der Waals surface area contributed by atoms with E-state index in [4.69, 9.17) is 10.5 Å². The molecule has 248 valence electrons. The van der Waals surface area contributed by atoms with E-state index >= 15 is 0 Å². The first-order chi connectivity index (χ1) is 22.0. The predicted molar refractivity (Wildman–Crippen MR) is 168 cm³/mol. The number of aromatic nitrogens is 1. The number of carbonyl (C=O) groups is 6. The van der Waals surface area contributed by atoms with Gasteiger partial charge in [-0.2, -0.15) is 0 Å². The Kier molecular flexibility index (Phi) is 13.5. The number of nitrogens with two attached hydrogens (primary N) is 1. The van der Waals surface area contributed by atoms with Gasteiger partial charge in [0.1, 0.15) is 29.6 Å². The van der Waals surface area contributed by atoms with Gasteiger partial charge in [-0.1, -0.05) is 32.0 Å². The quantitative estimate of drug-likeness (QED) is 0.213. The Morgan fingerprint density at radius 2 is 1.74 bits per heavy atom. The van der Waals surface area contributed by atoms with Gasteiger partial charge >= 0.3 is 0 Å². The fourth-order valence-electron chi connectivity index (χ4n) is 4.82. The van der Waals surface area contributed by atoms with Crippen LogP contribution in [0.5, 0.6) is 5.75 Å². The summed E-state index contributed by atoms with van der Waals surface area (Å²) in [5, 5.41) is 13.5. The van der Waals surface area contributed by atoms with Gasteiger partial charge < -0.3 is 37.1 Å². The maximum atomic E-state index is 13.5. The Bertz CT molecular complexity index is 1410. The first kappa shape index (κ1) is 35.5. The van der Waals surface area contributed by atoms with E-state index in [0.29, 0.717) is 31.5 Å². The average Bonchev–Trinajstić information content (AvgIpc) is 3.01. The Balaban J connectivity index is 1.75. The number of pyridine rings is 1. The zero-order valence-electron chi connectivity index (χ0n) is 26.4. The Morgan fingerprint density at radius 3 is 2.46 bits per heavy atom. The summed E-state index contributed by atoms with van der Waals surface area (Å²) in [6.07, 6.45) is 2.73. The zero-order valence-corrected chi connectivity index (χ0v) is 26.4. The van der Waals surface area contributed by atoms with Crippen molar-refractivity contribution in [1.29, 1.82) is 0 Å². The van der Waals surface area contributed by atoms with E-state index in [0.717, 1.165) is 5.56 Å². The van der Waals surface area contributed by atoms with E-state index in [1.165, 1.54) is 6.07 Å². The number of fused-ring (bicyclic) bond motifs is 1. The van der Waals surface area contributed by atoms with Crippen LogP contribution in [0.15, 0.2) is 42.6 Å². The molecule has 3 atom stereocenters. The normalized spacial score (nSPS) is 19.8. The molecule has 14 nitrogen and oxygen atoms in total. The highest BCUT2D eigenvalue weighted by Gasteiger charge is 2.32. The molecule has 1 aromatic carbocycles. The predicted octanol–water partition coefficient (Wildman–Crippen LogP) is 0.488. The number of nitrogens with one attached hydrogen (secondary N) is 5. The van der Waals surface area contributed by atoms with Gasteiger partial charge in [0.05, 0.1) is 18.6 Å². The summed E-state index contributed by atoms with van der Waals surface area (Å²) in [4.78, 5) is 81.5. The molecule has 0 spiro atoms. The van der Waals surface area contributed by atoms with Crippen LogP contribution in [0.25, 0.3) is 0 Å². The molecule has 0 radical (unpaired) electrons. The molecule has 0 unspecified atom stereocenters. The van der Waals surface area contributed by atoms with Crippen molar-refractivity contribution in [2.24, 2.45) is 11.7 Å². The molecule has 0 fully saturated rings. The number of nitrogens with zero attached hydrogens (tertiary/aromatic N) is 1. The van der Waals surface area contributed by atoms with Crippen LogP contribution in [0, 0.1) is 12.8 Å². The standard InChI is InChI=1S/C32H43N7O7/c1-19(2)26-32(45)37-22(12-6-7-14-36-31(44)27-20(3)10-8-15-34-27)29(42)35-16-9-17-46-24-13-5-4-11-21(24)28(41)38-23(18-25(33)40)30(43)39-26/h4-5,8,10-11,13,15,19,22-23,26H,6-7,9,12,14,16-18H2,1-3H3,(H2,33,40)(H,35,42)(H,36,44)(H,37,45)(H,38,41)(H,39,43)/t22-,23-,26+/m0/s1. The van der Waals surface area contributed by atoms with Crippen LogP contribution >= 0.6 is 0 Å². The van der Waals surface area contributed by atoms with Gasteiger partial charge in [0, 0.05) is 19.3 Å². The number of unbranched alkanes of at least 4 members (excludes halogenated alkanes) is 1. The van der Waals surface area contributed by atoms with E-state index in [1.54, 1.807) is 57.3 Å². The van der Waals surface area contributed by atoms with Gasteiger partial charge in [-0.15, -0.1) is 0 Å². The third-order valence-corrected chi connectivity index (χ3v) is 7.35. The molecule has 1 aromatic heterocycles. The van der Waals surface area contributed by atoms with Crippen LogP contribution < -0.4 is 37.1 Å². The van der Waals surface area contributed by atoms with Gasteiger partial charge in [-0.05, 0) is 62.3 Å². The molecule has 1 aliphatic heterocycles. The average molecular weight is 638 g/mol. The number of carbonyl (C=O) groups excluding carboxylic acids is 6. The van der Waals surface area contributed by atoms with E-state index in [-0.39, 0.29) is 36.8 Å². The molecule has 1 aliphatic rings. The summed E-state index contributed by atoms with van der Waals surface area (Å²) < 4.78 is 5.79. The lowest BCUT2D eigenvalue weighted by atomic mass is 10.0. The summed E-state index contributed by atoms with van der Waals surface area (Å²) in [5.41, 5.74) is 6.61. The molecule has 14 heteroatoms. The van der Waals surface area contributed by atoms with Crippen molar-refractivity contribution in [3.8, 4) is 5.75 Å². The fraction of sp³-hybridized carbons (Fsp3) is 0.469. The number of ether oxygens (including phenoxy) is 1. The maximum Gasteiger partial charge on any atom is 0.270 e. The van der Waals surface area contributed by atoms with E-state index in [2.05, 4.69) is 31.6 Å². The highest BCUT2D eigenvalue weighted by Crippen LogP contribution is 2.19. The van der Waals surface area contributed by atoms with Crippen molar-refractivity contribution in [1.82, 2.24) is 31.6 Å². The fourth-order valence-corrected chi connectivity index (χ4v) is 4.82. The molecule has 7 N–H and O–H groups in total. The molecular weight excluding hydrogens is 594 g/mol. The number of rotatable bonds is 9. The highest BCUT2D eigenvalue weighted by molar-refractivity contribution is 6.01. The molecule has 2 heterocycles. The SMILES string of the molecule is Cc1cccnc1C(=O)NCCCC[C@@H]1NC(=O)[C@@H](C(C)C)NC(=O)[C@H](CC(N)=O)NC(=O)c2ccccc2OCCCNC1=O. The third-order valence-electron chi connectivity index (χ3n) is 7.35. The van der Waals surface area contributed by atoms with Crippen LogP contribution in [-0.2, 0) is 19.2 Å². The monoisotopic (exact) mass is 637 g/mol. The van der Waals surface area contributed by atoms with Crippen LogP contribution in [-0.4, -0.2) is 78.2 Å². The lowest BCUT2D eigenvalue weighted by Gasteiger charge is -2.27. The Labute approximate surface area is 268 Å². The van der Waals surface area contributed by atoms with Crippen molar-refractivity contribution in [3.63, 3.8) is 0 Å². The number of hydrogen-bond acceptors (Lipinski definition) is 8. The first-order valence-corrected chi connectivity index (χ1v) is 15.4. The maximum absolute atomic E-state index is 13.5. The number of primary amides is 1. The molecule has 2 aromatic rings. The largest absolute Gasteiger partial charge is 0.493 e. The van der Waals surface area contributed by atoms with Gasteiger partial charge in [0.2, 0.25) is 23.6 Å². The Morgan fingerprint density at radius 1 is 0.978 bits per heavy atom. The Hall–Kier alpha value is -5.01. The zero-order chi connectivity index (χ0) is 33.6. The summed E-state index contributed by atoms with van der Waals surface area (Å²) in [6.45, 7) is 5.97. The second-order valence-corrected chi connectivity index (χ2v) is 11.4. The smallest absolute Gasteiger partial charge is 0.270 e.